The van der Waals surface area contributed by atoms with Gasteiger partial charge < -0.3 is 19.7 Å². The monoisotopic (exact) mass is 402 g/mol. The van der Waals surface area contributed by atoms with Crippen molar-refractivity contribution in [1.82, 2.24) is 9.88 Å². The van der Waals surface area contributed by atoms with E-state index in [1.165, 1.54) is 19.4 Å². The average Bonchev–Trinajstić information content (AvgIpc) is 3.48. The summed E-state index contributed by atoms with van der Waals surface area (Å²) in [4.78, 5) is 25.3. The van der Waals surface area contributed by atoms with Crippen LogP contribution in [-0.2, 0) is 17.8 Å². The summed E-state index contributed by atoms with van der Waals surface area (Å²) < 4.78 is 33.7. The Hall–Kier alpha value is -3.00. The van der Waals surface area contributed by atoms with Gasteiger partial charge in [0.25, 0.3) is 5.91 Å². The highest BCUT2D eigenvalue weighted by Gasteiger charge is 2.33. The number of carbonyl (C=O) groups is 1. The summed E-state index contributed by atoms with van der Waals surface area (Å²) in [5.74, 6) is -1.42. The summed E-state index contributed by atoms with van der Waals surface area (Å²) in [6, 6.07) is 3.07. The number of methoxy groups -OCH3 is 1. The van der Waals surface area contributed by atoms with Crippen LogP contribution in [0.4, 0.5) is 8.78 Å². The Kier molecular flexibility index (Phi) is 4.96. The third-order valence-electron chi connectivity index (χ3n) is 5.29. The van der Waals surface area contributed by atoms with Gasteiger partial charge in [0.05, 0.1) is 24.5 Å². The van der Waals surface area contributed by atoms with Crippen molar-refractivity contribution in [1.29, 1.82) is 0 Å². The minimum absolute atomic E-state index is 0.106. The number of aliphatic hydroxyl groups excluding tert-OH is 1. The van der Waals surface area contributed by atoms with Crippen LogP contribution in [0.15, 0.2) is 29.2 Å². The smallest absolute Gasteiger partial charge is 0.257 e. The maximum Gasteiger partial charge on any atom is 0.257 e. The van der Waals surface area contributed by atoms with E-state index in [0.29, 0.717) is 17.0 Å². The quantitative estimate of drug-likeness (QED) is 0.745. The molecule has 2 aliphatic rings. The van der Waals surface area contributed by atoms with Gasteiger partial charge >= 0.3 is 0 Å². The molecule has 29 heavy (non-hydrogen) atoms. The summed E-state index contributed by atoms with van der Waals surface area (Å²) in [5.41, 5.74) is 0.425. The molecule has 8 heteroatoms. The van der Waals surface area contributed by atoms with E-state index in [9.17, 15) is 23.5 Å². The Bertz CT molecular complexity index is 1070. The van der Waals surface area contributed by atoms with Crippen LogP contribution in [0.1, 0.15) is 40.0 Å². The number of ether oxygens (including phenoxy) is 1. The lowest BCUT2D eigenvalue weighted by Gasteiger charge is -2.26. The molecule has 1 aromatic carbocycles. The van der Waals surface area contributed by atoms with Crippen molar-refractivity contribution >= 4 is 17.7 Å². The van der Waals surface area contributed by atoms with Crippen molar-refractivity contribution < 1.29 is 23.4 Å². The van der Waals surface area contributed by atoms with Crippen LogP contribution in [0.5, 0.6) is 0 Å². The molecule has 2 N–H and O–H groups in total. The van der Waals surface area contributed by atoms with Crippen LogP contribution in [-0.4, -0.2) is 28.8 Å². The van der Waals surface area contributed by atoms with Crippen molar-refractivity contribution in [2.24, 2.45) is 5.92 Å². The summed E-state index contributed by atoms with van der Waals surface area (Å²) in [5, 5.41) is 12.8. The number of nitrogens with zero attached hydrogens (tertiary/aromatic N) is 1. The number of nitrogens with one attached hydrogen (secondary N) is 1. The van der Waals surface area contributed by atoms with E-state index in [-0.39, 0.29) is 30.1 Å². The summed E-state index contributed by atoms with van der Waals surface area (Å²) in [7, 11) is 1.48. The second kappa shape index (κ2) is 7.44. The van der Waals surface area contributed by atoms with E-state index >= 15 is 0 Å². The Labute approximate surface area is 165 Å². The Morgan fingerprint density at radius 1 is 1.38 bits per heavy atom. The van der Waals surface area contributed by atoms with Crippen molar-refractivity contribution in [3.05, 3.63) is 68.6 Å². The van der Waals surface area contributed by atoms with Gasteiger partial charge in [-0.25, -0.2) is 8.78 Å². The van der Waals surface area contributed by atoms with Crippen LogP contribution >= 0.6 is 0 Å². The fraction of sp³-hybridized carbons (Fsp3) is 0.333. The van der Waals surface area contributed by atoms with E-state index in [0.717, 1.165) is 25.0 Å². The Balaban J connectivity index is 1.59. The van der Waals surface area contributed by atoms with Crippen molar-refractivity contribution in [3.63, 3.8) is 0 Å². The van der Waals surface area contributed by atoms with E-state index < -0.39 is 29.1 Å². The molecule has 152 valence electrons. The first kappa shape index (κ1) is 19.3. The number of carbonyl (C=O) groups excluding carboxylic acids is 1. The minimum Gasteiger partial charge on any atom is -0.495 e. The third kappa shape index (κ3) is 3.67. The van der Waals surface area contributed by atoms with Crippen LogP contribution in [0, 0.1) is 17.6 Å². The first-order chi connectivity index (χ1) is 13.9. The fourth-order valence-electron chi connectivity index (χ4n) is 3.44. The third-order valence-corrected chi connectivity index (χ3v) is 5.29. The number of aliphatic hydroxyl groups is 1. The maximum absolute atomic E-state index is 13.8. The SMILES string of the molecule is COC1=Cc2c1n(CC(O)C1CC1)cc(C(=O)NCc1ccc(F)cc1F)c2=O. The number of aromatic nitrogens is 1. The lowest BCUT2D eigenvalue weighted by molar-refractivity contribution is 0.0946. The lowest BCUT2D eigenvalue weighted by atomic mass is 9.97. The molecule has 1 fully saturated rings. The topological polar surface area (TPSA) is 80.6 Å². The van der Waals surface area contributed by atoms with E-state index in [4.69, 9.17) is 4.74 Å². The van der Waals surface area contributed by atoms with Crippen LogP contribution < -0.4 is 10.7 Å². The Morgan fingerprint density at radius 3 is 2.79 bits per heavy atom. The van der Waals surface area contributed by atoms with Gasteiger partial charge in [-0.3, -0.25) is 9.59 Å². The van der Waals surface area contributed by atoms with Gasteiger partial charge in [-0.2, -0.15) is 0 Å². The van der Waals surface area contributed by atoms with Crippen LogP contribution in [0.25, 0.3) is 11.8 Å². The molecule has 0 bridgehead atoms. The predicted molar refractivity (Wildman–Crippen MR) is 102 cm³/mol. The van der Waals surface area contributed by atoms with Gasteiger partial charge in [0.1, 0.15) is 23.0 Å². The van der Waals surface area contributed by atoms with Crippen molar-refractivity contribution in [2.45, 2.75) is 32.0 Å². The molecule has 2 aliphatic carbocycles. The summed E-state index contributed by atoms with van der Waals surface area (Å²) in [6.45, 7) is 0.0478. The lowest BCUT2D eigenvalue weighted by Crippen LogP contribution is -2.34. The number of hydrogen-bond donors (Lipinski definition) is 2. The van der Waals surface area contributed by atoms with E-state index in [1.54, 1.807) is 10.6 Å². The van der Waals surface area contributed by atoms with Gasteiger partial charge in [0.15, 0.2) is 0 Å². The molecule has 1 atom stereocenters. The molecule has 1 aromatic heterocycles. The number of rotatable bonds is 7. The molecular weight excluding hydrogens is 382 g/mol. The second-order valence-corrected chi connectivity index (χ2v) is 7.32. The zero-order chi connectivity index (χ0) is 20.7. The molecule has 0 aliphatic heterocycles. The predicted octanol–water partition coefficient (Wildman–Crippen LogP) is 2.29. The van der Waals surface area contributed by atoms with Gasteiger partial charge in [-0.15, -0.1) is 0 Å². The number of fused-ring (bicyclic) bond motifs is 1. The highest BCUT2D eigenvalue weighted by Crippen LogP contribution is 2.35. The summed E-state index contributed by atoms with van der Waals surface area (Å²) >= 11 is 0. The largest absolute Gasteiger partial charge is 0.495 e. The molecule has 0 radical (unpaired) electrons. The molecule has 1 amide bonds. The summed E-state index contributed by atoms with van der Waals surface area (Å²) in [6.07, 6.45) is 4.27. The minimum atomic E-state index is -0.778. The zero-order valence-electron chi connectivity index (χ0n) is 15.7. The second-order valence-electron chi connectivity index (χ2n) is 7.32. The average molecular weight is 402 g/mol. The highest BCUT2D eigenvalue weighted by molar-refractivity contribution is 5.98. The first-order valence-electron chi connectivity index (χ1n) is 9.32. The molecule has 0 spiro atoms. The molecule has 1 saturated carbocycles. The zero-order valence-corrected chi connectivity index (χ0v) is 15.7. The molecular formula is C21H20F2N2O4. The number of halogens is 2. The number of benzene rings is 1. The highest BCUT2D eigenvalue weighted by atomic mass is 19.1. The van der Waals surface area contributed by atoms with Gasteiger partial charge in [-0.1, -0.05) is 6.07 Å². The van der Waals surface area contributed by atoms with Gasteiger partial charge in [-0.05, 0) is 30.9 Å². The van der Waals surface area contributed by atoms with Crippen molar-refractivity contribution in [2.75, 3.05) is 7.11 Å². The standard InChI is InChI=1S/C21H20F2N2O4/c1-29-18-7-14-19(18)25(10-17(26)11-2-3-11)9-15(20(14)27)21(28)24-8-12-4-5-13(22)6-16(12)23/h4-7,9,11,17,26H,2-3,8,10H2,1H3,(H,24,28). The van der Waals surface area contributed by atoms with Crippen LogP contribution in [0.3, 0.4) is 0 Å². The van der Waals surface area contributed by atoms with E-state index in [2.05, 4.69) is 5.32 Å². The number of pyridine rings is 1. The van der Waals surface area contributed by atoms with Crippen LogP contribution in [0.2, 0.25) is 0 Å². The fourth-order valence-corrected chi connectivity index (χ4v) is 3.44. The molecule has 0 saturated heterocycles. The normalized spacial score (nSPS) is 15.8. The molecule has 6 nitrogen and oxygen atoms in total. The van der Waals surface area contributed by atoms with Gasteiger partial charge in [0.2, 0.25) is 5.43 Å². The number of hydrogen-bond acceptors (Lipinski definition) is 4. The first-order valence-corrected chi connectivity index (χ1v) is 9.32. The molecule has 4 rings (SSSR count). The van der Waals surface area contributed by atoms with Gasteiger partial charge in [0, 0.05) is 30.9 Å². The Morgan fingerprint density at radius 2 is 2.14 bits per heavy atom. The maximum atomic E-state index is 13.8. The molecule has 1 unspecified atom stereocenters. The molecule has 2 aromatic rings. The number of amides is 1. The molecule has 1 heterocycles. The van der Waals surface area contributed by atoms with Crippen molar-refractivity contribution in [3.8, 4) is 0 Å². The van der Waals surface area contributed by atoms with E-state index in [1.807, 2.05) is 0 Å².